The molecule has 0 aromatic carbocycles. The van der Waals surface area contributed by atoms with Crippen molar-refractivity contribution in [2.75, 3.05) is 0 Å². The van der Waals surface area contributed by atoms with Gasteiger partial charge in [-0.2, -0.15) is 13.2 Å². The molecule has 4 unspecified atom stereocenters. The first-order valence-electron chi connectivity index (χ1n) is 7.41. The van der Waals surface area contributed by atoms with Crippen LogP contribution in [-0.4, -0.2) is 12.2 Å². The molecule has 5 heteroatoms. The van der Waals surface area contributed by atoms with Gasteiger partial charge in [0.1, 0.15) is 0 Å². The molecular weight excluding hydrogens is 253 g/mol. The van der Waals surface area contributed by atoms with Gasteiger partial charge in [0.15, 0.2) is 0 Å². The van der Waals surface area contributed by atoms with Crippen LogP contribution >= 0.6 is 0 Å². The van der Waals surface area contributed by atoms with Gasteiger partial charge >= 0.3 is 6.18 Å². The lowest BCUT2D eigenvalue weighted by Gasteiger charge is -2.36. The first-order chi connectivity index (χ1) is 8.88. The molecule has 0 aliphatic heterocycles. The zero-order chi connectivity index (χ0) is 14.5. The number of nitrogens with two attached hydrogens (primary N) is 1. The van der Waals surface area contributed by atoms with Gasteiger partial charge in [-0.3, -0.25) is 11.3 Å². The fraction of sp³-hybridized carbons (Fsp3) is 1.00. The van der Waals surface area contributed by atoms with Crippen LogP contribution in [0.4, 0.5) is 13.2 Å². The van der Waals surface area contributed by atoms with E-state index in [4.69, 9.17) is 5.84 Å². The molecule has 0 aromatic rings. The van der Waals surface area contributed by atoms with E-state index >= 15 is 0 Å². The maximum absolute atomic E-state index is 12.8. The second-order valence-corrected chi connectivity index (χ2v) is 6.07. The minimum Gasteiger partial charge on any atom is -0.271 e. The predicted molar refractivity (Wildman–Crippen MR) is 71.3 cm³/mol. The van der Waals surface area contributed by atoms with Gasteiger partial charge in [-0.1, -0.05) is 33.1 Å². The zero-order valence-corrected chi connectivity index (χ0v) is 12.0. The van der Waals surface area contributed by atoms with E-state index in [0.29, 0.717) is 12.3 Å². The van der Waals surface area contributed by atoms with Crippen molar-refractivity contribution >= 4 is 0 Å². The topological polar surface area (TPSA) is 38.0 Å². The van der Waals surface area contributed by atoms with Gasteiger partial charge < -0.3 is 0 Å². The first-order valence-corrected chi connectivity index (χ1v) is 7.41. The van der Waals surface area contributed by atoms with E-state index < -0.39 is 12.1 Å². The van der Waals surface area contributed by atoms with Crippen LogP contribution < -0.4 is 11.3 Å². The summed E-state index contributed by atoms with van der Waals surface area (Å²) in [7, 11) is 0. The quantitative estimate of drug-likeness (QED) is 0.570. The molecule has 0 bridgehead atoms. The second-order valence-electron chi connectivity index (χ2n) is 6.07. The van der Waals surface area contributed by atoms with Crippen molar-refractivity contribution in [2.24, 2.45) is 23.6 Å². The average Bonchev–Trinajstić information content (AvgIpc) is 2.35. The van der Waals surface area contributed by atoms with Gasteiger partial charge in [-0.15, -0.1) is 0 Å². The highest BCUT2D eigenvalue weighted by Crippen LogP contribution is 2.41. The van der Waals surface area contributed by atoms with Crippen LogP contribution in [0.15, 0.2) is 0 Å². The van der Waals surface area contributed by atoms with Crippen molar-refractivity contribution in [3.63, 3.8) is 0 Å². The number of hydrazine groups is 1. The highest BCUT2D eigenvalue weighted by Gasteiger charge is 2.43. The first kappa shape index (κ1) is 16.8. The van der Waals surface area contributed by atoms with Crippen LogP contribution in [0.25, 0.3) is 0 Å². The molecule has 0 amide bonds. The lowest BCUT2D eigenvalue weighted by molar-refractivity contribution is -0.186. The van der Waals surface area contributed by atoms with E-state index in [1.54, 1.807) is 0 Å². The van der Waals surface area contributed by atoms with Crippen LogP contribution in [0.1, 0.15) is 58.8 Å². The van der Waals surface area contributed by atoms with Gasteiger partial charge in [0.25, 0.3) is 0 Å². The number of hydrogen-bond acceptors (Lipinski definition) is 2. The number of alkyl halides is 3. The van der Waals surface area contributed by atoms with Gasteiger partial charge in [0.2, 0.25) is 0 Å². The molecule has 1 aliphatic rings. The standard InChI is InChI=1S/C14H27F3N2/c1-3-5-10(2)8-13(19-18)11-6-4-7-12(9-11)14(15,16)17/h10-13,19H,3-9,18H2,1-2H3. The molecule has 1 rings (SSSR count). The number of nitrogens with one attached hydrogen (secondary N) is 1. The van der Waals surface area contributed by atoms with Gasteiger partial charge in [-0.05, 0) is 37.5 Å². The summed E-state index contributed by atoms with van der Waals surface area (Å²) in [4.78, 5) is 0. The summed E-state index contributed by atoms with van der Waals surface area (Å²) in [6, 6.07) is 0.0201. The molecular formula is C14H27F3N2. The summed E-state index contributed by atoms with van der Waals surface area (Å²) in [6.45, 7) is 4.28. The van der Waals surface area contributed by atoms with Gasteiger partial charge in [-0.25, -0.2) is 0 Å². The fourth-order valence-corrected chi connectivity index (χ4v) is 3.33. The second kappa shape index (κ2) is 7.48. The Hall–Kier alpha value is -0.290. The van der Waals surface area contributed by atoms with E-state index in [9.17, 15) is 13.2 Å². The Morgan fingerprint density at radius 1 is 1.32 bits per heavy atom. The van der Waals surface area contributed by atoms with Crippen LogP contribution in [0, 0.1) is 17.8 Å². The summed E-state index contributed by atoms with van der Waals surface area (Å²) in [5, 5.41) is 0. The van der Waals surface area contributed by atoms with Crippen molar-refractivity contribution in [1.29, 1.82) is 0 Å². The third kappa shape index (κ3) is 5.30. The number of rotatable bonds is 6. The maximum Gasteiger partial charge on any atom is 0.391 e. The van der Waals surface area contributed by atoms with E-state index in [1.165, 1.54) is 0 Å². The van der Waals surface area contributed by atoms with Crippen molar-refractivity contribution in [1.82, 2.24) is 5.43 Å². The Kier molecular flexibility index (Phi) is 6.60. The lowest BCUT2D eigenvalue weighted by atomic mass is 9.75. The Balaban J connectivity index is 2.55. The van der Waals surface area contributed by atoms with Gasteiger partial charge in [0, 0.05) is 6.04 Å². The fourth-order valence-electron chi connectivity index (χ4n) is 3.33. The Morgan fingerprint density at radius 2 is 2.00 bits per heavy atom. The van der Waals surface area contributed by atoms with E-state index in [2.05, 4.69) is 19.3 Å². The molecule has 1 aliphatic carbocycles. The zero-order valence-electron chi connectivity index (χ0n) is 12.0. The minimum atomic E-state index is -4.05. The van der Waals surface area contributed by atoms with Crippen LogP contribution in [0.2, 0.25) is 0 Å². The van der Waals surface area contributed by atoms with Crippen LogP contribution in [0.5, 0.6) is 0 Å². The third-order valence-electron chi connectivity index (χ3n) is 4.40. The molecule has 4 atom stereocenters. The van der Waals surface area contributed by atoms with Crippen LogP contribution in [0.3, 0.4) is 0 Å². The molecule has 114 valence electrons. The average molecular weight is 280 g/mol. The maximum atomic E-state index is 12.8. The molecule has 1 saturated carbocycles. The van der Waals surface area contributed by atoms with E-state index in [0.717, 1.165) is 25.7 Å². The molecule has 0 spiro atoms. The molecule has 3 N–H and O–H groups in total. The Morgan fingerprint density at radius 3 is 2.53 bits per heavy atom. The van der Waals surface area contributed by atoms with Crippen molar-refractivity contribution in [2.45, 2.75) is 71.0 Å². The number of hydrogen-bond donors (Lipinski definition) is 2. The van der Waals surface area contributed by atoms with Crippen molar-refractivity contribution in [3.8, 4) is 0 Å². The van der Waals surface area contributed by atoms with E-state index in [1.807, 2.05) is 0 Å². The molecule has 0 heterocycles. The lowest BCUT2D eigenvalue weighted by Crippen LogP contribution is -2.45. The molecule has 0 saturated heterocycles. The van der Waals surface area contributed by atoms with Crippen molar-refractivity contribution < 1.29 is 13.2 Å². The normalized spacial score (nSPS) is 28.1. The number of halogens is 3. The summed E-state index contributed by atoms with van der Waals surface area (Å²) in [5.41, 5.74) is 2.77. The predicted octanol–water partition coefficient (Wildman–Crippen LogP) is 4.01. The summed E-state index contributed by atoms with van der Waals surface area (Å²) in [6.07, 6.45) is 1.07. The van der Waals surface area contributed by atoms with Crippen LogP contribution in [-0.2, 0) is 0 Å². The highest BCUT2D eigenvalue weighted by atomic mass is 19.4. The highest BCUT2D eigenvalue weighted by molar-refractivity contribution is 4.85. The summed E-state index contributed by atoms with van der Waals surface area (Å²) in [5.74, 6) is 5.01. The third-order valence-corrected chi connectivity index (χ3v) is 4.40. The molecule has 0 aromatic heterocycles. The summed E-state index contributed by atoms with van der Waals surface area (Å²) >= 11 is 0. The largest absolute Gasteiger partial charge is 0.391 e. The van der Waals surface area contributed by atoms with Gasteiger partial charge in [0.05, 0.1) is 5.92 Å². The smallest absolute Gasteiger partial charge is 0.271 e. The monoisotopic (exact) mass is 280 g/mol. The van der Waals surface area contributed by atoms with E-state index in [-0.39, 0.29) is 24.8 Å². The molecule has 1 fully saturated rings. The Labute approximate surface area is 114 Å². The Bertz CT molecular complexity index is 256. The minimum absolute atomic E-state index is 0.0201. The van der Waals surface area contributed by atoms with Crippen molar-refractivity contribution in [3.05, 3.63) is 0 Å². The molecule has 2 nitrogen and oxygen atoms in total. The summed E-state index contributed by atoms with van der Waals surface area (Å²) < 4.78 is 38.4. The molecule has 0 radical (unpaired) electrons. The molecule has 19 heavy (non-hydrogen) atoms. The SMILES string of the molecule is CCCC(C)CC(NN)C1CCCC(C(F)(F)F)C1.